The van der Waals surface area contributed by atoms with Crippen LogP contribution in [0.15, 0.2) is 35.2 Å². The number of ether oxygens (including phenoxy) is 2. The van der Waals surface area contributed by atoms with Crippen LogP contribution in [-0.2, 0) is 10.0 Å². The first kappa shape index (κ1) is 21.3. The van der Waals surface area contributed by atoms with Gasteiger partial charge in [-0.1, -0.05) is 34.8 Å². The van der Waals surface area contributed by atoms with E-state index in [-0.39, 0.29) is 21.4 Å². The van der Waals surface area contributed by atoms with Gasteiger partial charge in [-0.25, -0.2) is 8.42 Å². The van der Waals surface area contributed by atoms with Crippen molar-refractivity contribution in [1.82, 2.24) is 4.31 Å². The Hall–Kier alpha value is -1.38. The molecule has 2 aromatic carbocycles. The fourth-order valence-corrected chi connectivity index (χ4v) is 5.28. The number of hydrogen-bond donors (Lipinski definition) is 0. The van der Waals surface area contributed by atoms with Gasteiger partial charge in [0, 0.05) is 43.3 Å². The molecule has 2 aromatic rings. The predicted octanol–water partition coefficient (Wildman–Crippen LogP) is 4.17. The maximum absolute atomic E-state index is 13.2. The molecule has 0 bridgehead atoms. The molecule has 10 heteroatoms. The smallest absolute Gasteiger partial charge is 0.247 e. The molecule has 6 nitrogen and oxygen atoms in total. The van der Waals surface area contributed by atoms with Crippen LogP contribution in [0.25, 0.3) is 0 Å². The normalized spacial score (nSPS) is 15.5. The minimum absolute atomic E-state index is 0.0190. The van der Waals surface area contributed by atoms with Gasteiger partial charge in [-0.2, -0.15) is 4.31 Å². The lowest BCUT2D eigenvalue weighted by atomic mass is 10.2. The maximum Gasteiger partial charge on any atom is 0.247 e. The third-order valence-corrected chi connectivity index (χ3v) is 7.31. The average Bonchev–Trinajstić information content (AvgIpc) is 2.69. The molecule has 0 aliphatic carbocycles. The maximum atomic E-state index is 13.2. The summed E-state index contributed by atoms with van der Waals surface area (Å²) >= 11 is 18.4. The molecule has 0 saturated carbocycles. The molecule has 0 amide bonds. The first-order chi connectivity index (χ1) is 13.3. The number of piperazine rings is 1. The molecular formula is C18H19Cl3N2O4S. The highest BCUT2D eigenvalue weighted by molar-refractivity contribution is 7.89. The zero-order valence-corrected chi connectivity index (χ0v) is 18.4. The van der Waals surface area contributed by atoms with E-state index < -0.39 is 10.0 Å². The Bertz CT molecular complexity index is 977. The fraction of sp³-hybridized carbons (Fsp3) is 0.333. The van der Waals surface area contributed by atoms with Crippen molar-refractivity contribution >= 4 is 50.5 Å². The van der Waals surface area contributed by atoms with Crippen LogP contribution in [0.4, 0.5) is 5.69 Å². The van der Waals surface area contributed by atoms with Gasteiger partial charge in [0.15, 0.2) is 0 Å². The van der Waals surface area contributed by atoms with E-state index in [1.165, 1.54) is 30.7 Å². The largest absolute Gasteiger partial charge is 0.495 e. The third kappa shape index (κ3) is 4.14. The van der Waals surface area contributed by atoms with Crippen molar-refractivity contribution in [2.24, 2.45) is 0 Å². The van der Waals surface area contributed by atoms with Crippen LogP contribution in [0.2, 0.25) is 15.1 Å². The van der Waals surface area contributed by atoms with Crippen LogP contribution in [0.1, 0.15) is 0 Å². The highest BCUT2D eigenvalue weighted by Gasteiger charge is 2.32. The number of anilines is 1. The van der Waals surface area contributed by atoms with Crippen molar-refractivity contribution in [2.75, 3.05) is 45.3 Å². The Balaban J connectivity index is 1.85. The lowest BCUT2D eigenvalue weighted by molar-refractivity contribution is 0.371. The van der Waals surface area contributed by atoms with Gasteiger partial charge in [-0.3, -0.25) is 0 Å². The minimum atomic E-state index is -3.79. The van der Waals surface area contributed by atoms with E-state index in [1.54, 1.807) is 18.2 Å². The number of rotatable bonds is 5. The second-order valence-corrected chi connectivity index (χ2v) is 9.28. The molecule has 0 unspecified atom stereocenters. The summed E-state index contributed by atoms with van der Waals surface area (Å²) in [7, 11) is -0.967. The van der Waals surface area contributed by atoms with Crippen LogP contribution in [-0.4, -0.2) is 53.1 Å². The van der Waals surface area contributed by atoms with Gasteiger partial charge in [-0.05, 0) is 18.2 Å². The van der Waals surface area contributed by atoms with E-state index in [4.69, 9.17) is 44.3 Å². The molecule has 152 valence electrons. The third-order valence-electron chi connectivity index (χ3n) is 4.54. The van der Waals surface area contributed by atoms with E-state index >= 15 is 0 Å². The van der Waals surface area contributed by atoms with Crippen LogP contribution < -0.4 is 14.4 Å². The quantitative estimate of drug-likeness (QED) is 0.663. The van der Waals surface area contributed by atoms with Gasteiger partial charge in [0.25, 0.3) is 0 Å². The highest BCUT2D eigenvalue weighted by atomic mass is 35.5. The van der Waals surface area contributed by atoms with Crippen molar-refractivity contribution in [1.29, 1.82) is 0 Å². The van der Waals surface area contributed by atoms with Gasteiger partial charge in [0.05, 0.1) is 30.0 Å². The standard InChI is InChI=1S/C18H19Cl3N2O4S/c1-26-16-11-18(17(27-2)10-14(16)21)28(24,25)23-7-5-22(6-8-23)15-9-12(19)3-4-13(15)20/h3-4,9-11H,5-8H2,1-2H3. The summed E-state index contributed by atoms with van der Waals surface area (Å²) < 4.78 is 38.2. The number of halogens is 3. The molecule has 0 atom stereocenters. The van der Waals surface area contributed by atoms with Crippen LogP contribution >= 0.6 is 34.8 Å². The molecule has 1 aliphatic heterocycles. The monoisotopic (exact) mass is 464 g/mol. The lowest BCUT2D eigenvalue weighted by Crippen LogP contribution is -2.48. The van der Waals surface area contributed by atoms with Crippen molar-refractivity contribution in [3.05, 3.63) is 45.4 Å². The summed E-state index contributed by atoms with van der Waals surface area (Å²) in [5, 5.41) is 1.43. The minimum Gasteiger partial charge on any atom is -0.495 e. The second-order valence-electron chi connectivity index (χ2n) is 6.12. The SMILES string of the molecule is COc1cc(S(=O)(=O)N2CCN(c3cc(Cl)ccc3Cl)CC2)c(OC)cc1Cl. The summed E-state index contributed by atoms with van der Waals surface area (Å²) in [5.74, 6) is 0.441. The average molecular weight is 466 g/mol. The Kier molecular flexibility index (Phi) is 6.51. The van der Waals surface area contributed by atoms with Gasteiger partial charge < -0.3 is 14.4 Å². The van der Waals surface area contributed by atoms with Gasteiger partial charge in [-0.15, -0.1) is 0 Å². The molecule has 1 saturated heterocycles. The highest BCUT2D eigenvalue weighted by Crippen LogP contribution is 2.37. The Labute approximate surface area is 179 Å². The van der Waals surface area contributed by atoms with Gasteiger partial charge >= 0.3 is 0 Å². The predicted molar refractivity (Wildman–Crippen MR) is 112 cm³/mol. The molecule has 1 aliphatic rings. The van der Waals surface area contributed by atoms with E-state index in [2.05, 4.69) is 0 Å². The van der Waals surface area contributed by atoms with E-state index in [1.807, 2.05) is 4.90 Å². The summed E-state index contributed by atoms with van der Waals surface area (Å²) in [4.78, 5) is 2.03. The zero-order chi connectivity index (χ0) is 20.5. The lowest BCUT2D eigenvalue weighted by Gasteiger charge is -2.36. The van der Waals surface area contributed by atoms with Crippen molar-refractivity contribution < 1.29 is 17.9 Å². The molecule has 0 N–H and O–H groups in total. The first-order valence-corrected chi connectivity index (χ1v) is 11.0. The van der Waals surface area contributed by atoms with Gasteiger partial charge in [0.1, 0.15) is 16.4 Å². The molecule has 28 heavy (non-hydrogen) atoms. The summed E-state index contributed by atoms with van der Waals surface area (Å²) in [5.41, 5.74) is 0.789. The summed E-state index contributed by atoms with van der Waals surface area (Å²) in [6.07, 6.45) is 0. The van der Waals surface area contributed by atoms with Crippen molar-refractivity contribution in [2.45, 2.75) is 4.90 Å². The van der Waals surface area contributed by atoms with Crippen LogP contribution in [0.5, 0.6) is 11.5 Å². The van der Waals surface area contributed by atoms with Gasteiger partial charge in [0.2, 0.25) is 10.0 Å². The molecular weight excluding hydrogens is 447 g/mol. The number of sulfonamides is 1. The number of benzene rings is 2. The van der Waals surface area contributed by atoms with E-state index in [0.29, 0.717) is 36.2 Å². The molecule has 0 aromatic heterocycles. The topological polar surface area (TPSA) is 59.1 Å². The Morgan fingerprint density at radius 2 is 1.50 bits per heavy atom. The molecule has 1 heterocycles. The van der Waals surface area contributed by atoms with Crippen LogP contribution in [0.3, 0.4) is 0 Å². The molecule has 1 fully saturated rings. The Morgan fingerprint density at radius 1 is 0.857 bits per heavy atom. The number of methoxy groups -OCH3 is 2. The number of hydrogen-bond acceptors (Lipinski definition) is 5. The Morgan fingerprint density at radius 3 is 2.11 bits per heavy atom. The summed E-state index contributed by atoms with van der Waals surface area (Å²) in [6.45, 7) is 1.54. The molecule has 0 radical (unpaired) electrons. The van der Waals surface area contributed by atoms with Crippen molar-refractivity contribution in [3.8, 4) is 11.5 Å². The number of nitrogens with zero attached hydrogens (tertiary/aromatic N) is 2. The fourth-order valence-electron chi connectivity index (χ4n) is 3.07. The van der Waals surface area contributed by atoms with Crippen molar-refractivity contribution in [3.63, 3.8) is 0 Å². The molecule has 3 rings (SSSR count). The van der Waals surface area contributed by atoms with E-state index in [0.717, 1.165) is 5.69 Å². The van der Waals surface area contributed by atoms with E-state index in [9.17, 15) is 8.42 Å². The molecule has 0 spiro atoms. The second kappa shape index (κ2) is 8.55. The summed E-state index contributed by atoms with van der Waals surface area (Å²) in [6, 6.07) is 8.05. The van der Waals surface area contributed by atoms with Crippen LogP contribution in [0, 0.1) is 0 Å². The zero-order valence-electron chi connectivity index (χ0n) is 15.3. The first-order valence-electron chi connectivity index (χ1n) is 8.39.